The van der Waals surface area contributed by atoms with Gasteiger partial charge in [-0.2, -0.15) is 21.6 Å². The average molecular weight is 795 g/mol. The van der Waals surface area contributed by atoms with Crippen molar-refractivity contribution < 1.29 is 59.2 Å². The van der Waals surface area contributed by atoms with E-state index in [1.165, 1.54) is 59.5 Å². The largest absolute Gasteiger partial charge is 0.542 e. The quantitative estimate of drug-likeness (QED) is 0.111. The third-order valence-corrected chi connectivity index (χ3v) is 11.2. The second-order valence-corrected chi connectivity index (χ2v) is 16.0. The van der Waals surface area contributed by atoms with Crippen LogP contribution >= 0.6 is 11.3 Å². The molecule has 1 unspecified atom stereocenters. The SMILES string of the molecule is Cc1ccc(S(=O)(=O)Oc2ccc(NC(=O)N([C@H]3CCC[N+](C)(Cc4ccc(F)cc4)C3)[C@@H](Cc3ccc(O)cc3)C(N)=O)cc2)s1.O=C([O-])C(F)(F)F. The van der Waals surface area contributed by atoms with Gasteiger partial charge in [0.1, 0.15) is 35.9 Å². The van der Waals surface area contributed by atoms with Crippen LogP contribution in [-0.2, 0) is 32.7 Å². The zero-order valence-electron chi connectivity index (χ0n) is 29.1. The number of amides is 3. The summed E-state index contributed by atoms with van der Waals surface area (Å²) in [5.74, 6) is -3.84. The summed E-state index contributed by atoms with van der Waals surface area (Å²) in [7, 11) is -1.93. The van der Waals surface area contributed by atoms with E-state index in [0.29, 0.717) is 35.2 Å². The molecule has 1 saturated heterocycles. The maximum Gasteiger partial charge on any atom is 0.430 e. The summed E-state index contributed by atoms with van der Waals surface area (Å²) in [5.41, 5.74) is 8.00. The number of hydrogen-bond donors (Lipinski definition) is 3. The molecule has 0 aliphatic carbocycles. The molecule has 0 spiro atoms. The molecule has 3 aromatic carbocycles. The summed E-state index contributed by atoms with van der Waals surface area (Å²) in [6, 6.07) is 19.9. The Morgan fingerprint density at radius 3 is 2.15 bits per heavy atom. The lowest BCUT2D eigenvalue weighted by Gasteiger charge is -2.46. The molecule has 1 aliphatic rings. The van der Waals surface area contributed by atoms with Crippen molar-refractivity contribution in [3.8, 4) is 11.5 Å². The van der Waals surface area contributed by atoms with Gasteiger partial charge in [0, 0.05) is 22.5 Å². The number of primary amides is 1. The van der Waals surface area contributed by atoms with E-state index in [-0.39, 0.29) is 34.0 Å². The van der Waals surface area contributed by atoms with Crippen molar-refractivity contribution in [2.45, 2.75) is 55.2 Å². The third-order valence-electron chi connectivity index (χ3n) is 8.53. The number of phenolic OH excluding ortho intramolecular Hbond substituents is 1. The van der Waals surface area contributed by atoms with E-state index >= 15 is 0 Å². The van der Waals surface area contributed by atoms with Gasteiger partial charge in [0.2, 0.25) is 5.91 Å². The number of carboxylic acids is 1. The number of likely N-dealkylation sites (N-methyl/N-ethyl adjacent to an activating group) is 1. The molecule has 54 heavy (non-hydrogen) atoms. The van der Waals surface area contributed by atoms with Gasteiger partial charge in [-0.05, 0) is 86.0 Å². The fourth-order valence-electron chi connectivity index (χ4n) is 6.05. The van der Waals surface area contributed by atoms with Gasteiger partial charge in [0.05, 0.1) is 26.2 Å². The van der Waals surface area contributed by atoms with E-state index in [9.17, 15) is 40.7 Å². The van der Waals surface area contributed by atoms with Gasteiger partial charge in [0.15, 0.2) is 4.21 Å². The summed E-state index contributed by atoms with van der Waals surface area (Å²) in [6.45, 7) is 3.77. The highest BCUT2D eigenvalue weighted by Crippen LogP contribution is 2.29. The normalized spacial score (nSPS) is 17.7. The molecule has 1 aromatic heterocycles. The fourth-order valence-corrected chi connectivity index (χ4v) is 8.23. The first-order chi connectivity index (χ1) is 25.2. The fraction of sp³-hybridized carbons (Fsp3) is 0.306. The maximum absolute atomic E-state index is 14.1. The van der Waals surface area contributed by atoms with Crippen molar-refractivity contribution in [3.63, 3.8) is 0 Å². The van der Waals surface area contributed by atoms with Gasteiger partial charge in [-0.15, -0.1) is 11.3 Å². The lowest BCUT2D eigenvalue weighted by molar-refractivity contribution is -0.928. The number of benzene rings is 3. The smallest absolute Gasteiger partial charge is 0.430 e. The summed E-state index contributed by atoms with van der Waals surface area (Å²) in [5, 5.41) is 21.4. The van der Waals surface area contributed by atoms with E-state index in [1.54, 1.807) is 37.3 Å². The van der Waals surface area contributed by atoms with Crippen LogP contribution in [0.4, 0.5) is 28.0 Å². The number of quaternary nitrogens is 1. The lowest BCUT2D eigenvalue weighted by atomic mass is 9.96. The number of aromatic hydroxyl groups is 1. The Bertz CT molecular complexity index is 2030. The summed E-state index contributed by atoms with van der Waals surface area (Å²) < 4.78 is 76.4. The Labute approximate surface area is 313 Å². The number of piperidine rings is 1. The van der Waals surface area contributed by atoms with E-state index < -0.39 is 40.2 Å². The minimum atomic E-state index is -5.19. The number of alkyl halides is 3. The van der Waals surface area contributed by atoms with Crippen molar-refractivity contribution in [1.29, 1.82) is 0 Å². The molecule has 5 rings (SSSR count). The molecule has 4 N–H and O–H groups in total. The third kappa shape index (κ3) is 11.6. The van der Waals surface area contributed by atoms with Crippen LogP contribution in [0.25, 0.3) is 0 Å². The zero-order valence-corrected chi connectivity index (χ0v) is 30.7. The summed E-state index contributed by atoms with van der Waals surface area (Å²) in [4.78, 5) is 38.3. The van der Waals surface area contributed by atoms with Gasteiger partial charge in [-0.3, -0.25) is 4.79 Å². The predicted octanol–water partition coefficient (Wildman–Crippen LogP) is 4.71. The highest BCUT2D eigenvalue weighted by Gasteiger charge is 2.41. The highest BCUT2D eigenvalue weighted by molar-refractivity contribution is 7.89. The van der Waals surface area contributed by atoms with Crippen molar-refractivity contribution in [3.05, 3.63) is 107 Å². The van der Waals surface area contributed by atoms with Crippen molar-refractivity contribution >= 4 is 45.0 Å². The molecular weight excluding hydrogens is 757 g/mol. The number of likely N-dealkylation sites (tertiary alicyclic amines) is 1. The molecule has 4 aromatic rings. The van der Waals surface area contributed by atoms with Gasteiger partial charge < -0.3 is 39.6 Å². The minimum absolute atomic E-state index is 0.0749. The first kappa shape index (κ1) is 41.6. The Kier molecular flexibility index (Phi) is 13.3. The maximum atomic E-state index is 14.1. The van der Waals surface area contributed by atoms with Crippen molar-refractivity contribution in [1.82, 2.24) is 4.90 Å². The van der Waals surface area contributed by atoms with E-state index in [2.05, 4.69) is 12.4 Å². The van der Waals surface area contributed by atoms with Gasteiger partial charge in [-0.25, -0.2) is 9.18 Å². The molecule has 12 nitrogen and oxygen atoms in total. The molecule has 0 saturated carbocycles. The number of hydrogen-bond acceptors (Lipinski definition) is 9. The number of halogens is 4. The first-order valence-electron chi connectivity index (χ1n) is 16.4. The van der Waals surface area contributed by atoms with E-state index in [1.807, 2.05) is 0 Å². The van der Waals surface area contributed by atoms with Crippen LogP contribution < -0.4 is 20.3 Å². The van der Waals surface area contributed by atoms with Crippen LogP contribution in [-0.4, -0.2) is 79.2 Å². The Morgan fingerprint density at radius 1 is 1.02 bits per heavy atom. The Hall–Kier alpha value is -5.20. The monoisotopic (exact) mass is 794 g/mol. The standard InChI is InChI=1S/C34H37FN4O6S2.C2HF3O2/c1-23-5-18-32(46-23)47(43,44)45-30-16-12-27(13-17-30)37-34(42)38(31(33(36)41)20-24-8-14-29(40)15-9-24)28-4-3-19-39(2,22-28)21-25-6-10-26(35)11-7-25;3-2(4,5)1(6)7/h5-18,28,31H,3-4,19-22H2,1-2H3,(H3-,36,37,40,41,42);(H,6,7)/t28-,31-,39?;/m0./s1. The molecule has 3 amide bonds. The first-order valence-corrected chi connectivity index (χ1v) is 18.6. The number of nitrogens with zero attached hydrogens (tertiary/aromatic N) is 2. The molecule has 2 heterocycles. The molecule has 1 fully saturated rings. The number of aliphatic carboxylic acids is 1. The zero-order chi connectivity index (χ0) is 39.8. The number of anilines is 1. The highest BCUT2D eigenvalue weighted by atomic mass is 32.3. The van der Waals surface area contributed by atoms with Crippen LogP contribution in [0.15, 0.2) is 89.1 Å². The molecule has 0 bridgehead atoms. The number of carbonyl (C=O) groups is 3. The molecular formula is C36H38F4N4O8S2. The van der Waals surface area contributed by atoms with Crippen LogP contribution in [0, 0.1) is 12.7 Å². The van der Waals surface area contributed by atoms with Gasteiger partial charge in [-0.1, -0.05) is 24.3 Å². The molecule has 18 heteroatoms. The number of aryl methyl sites for hydroxylation is 1. The minimum Gasteiger partial charge on any atom is -0.542 e. The van der Waals surface area contributed by atoms with Gasteiger partial charge in [0.25, 0.3) is 0 Å². The lowest BCUT2D eigenvalue weighted by Crippen LogP contribution is -2.62. The topological polar surface area (TPSA) is 179 Å². The van der Waals surface area contributed by atoms with Crippen molar-refractivity contribution in [2.75, 3.05) is 25.5 Å². The van der Waals surface area contributed by atoms with Crippen LogP contribution in [0.3, 0.4) is 0 Å². The number of phenols is 1. The number of carboxylic acid groups (broad SMARTS) is 1. The summed E-state index contributed by atoms with van der Waals surface area (Å²) in [6.07, 6.45) is -3.65. The second-order valence-electron chi connectivity index (χ2n) is 12.9. The molecule has 0 radical (unpaired) electrons. The Morgan fingerprint density at radius 2 is 1.61 bits per heavy atom. The average Bonchev–Trinajstić information content (AvgIpc) is 3.54. The predicted molar refractivity (Wildman–Crippen MR) is 189 cm³/mol. The molecule has 3 atom stereocenters. The second kappa shape index (κ2) is 17.3. The molecule has 1 aliphatic heterocycles. The van der Waals surface area contributed by atoms with E-state index in [4.69, 9.17) is 19.8 Å². The Balaban J connectivity index is 0.000000845. The van der Waals surface area contributed by atoms with Gasteiger partial charge >= 0.3 is 22.3 Å². The molecule has 290 valence electrons. The number of carbonyl (C=O) groups excluding carboxylic acids is 3. The van der Waals surface area contributed by atoms with E-state index in [0.717, 1.165) is 34.7 Å². The summed E-state index contributed by atoms with van der Waals surface area (Å²) >= 11 is 1.11. The van der Waals surface area contributed by atoms with Crippen LogP contribution in [0.2, 0.25) is 0 Å². The van der Waals surface area contributed by atoms with Crippen molar-refractivity contribution in [2.24, 2.45) is 5.73 Å². The van der Waals surface area contributed by atoms with Crippen LogP contribution in [0.5, 0.6) is 11.5 Å². The number of nitrogens with two attached hydrogens (primary N) is 1. The van der Waals surface area contributed by atoms with Crippen LogP contribution in [0.1, 0.15) is 28.8 Å². The number of thiophene rings is 1. The number of rotatable bonds is 11. The number of nitrogens with one attached hydrogen (secondary N) is 1. The number of urea groups is 1.